The van der Waals surface area contributed by atoms with Gasteiger partial charge in [0, 0.05) is 18.2 Å². The predicted molar refractivity (Wildman–Crippen MR) is 85.5 cm³/mol. The Bertz CT molecular complexity index is 504. The predicted octanol–water partition coefficient (Wildman–Crippen LogP) is 2.40. The molecule has 1 rings (SSSR count). The largest absolute Gasteiger partial charge is 0.352 e. The summed E-state index contributed by atoms with van der Waals surface area (Å²) in [5.41, 5.74) is 6.31. The van der Waals surface area contributed by atoms with Gasteiger partial charge in [-0.25, -0.2) is 0 Å². The molecule has 0 aromatic heterocycles. The lowest BCUT2D eigenvalue weighted by molar-refractivity contribution is -0.118. The number of hydrogen-bond acceptors (Lipinski definition) is 3. The number of halogens is 1. The second kappa shape index (κ2) is 8.64. The van der Waals surface area contributed by atoms with Crippen LogP contribution in [0.25, 0.3) is 0 Å². The molecular formula is C15H22ClN3O2. The standard InChI is InChI=1S/C15H22ClN3O2/c1-10(2)14(20)19-11-5-6-13(16)12(9-11)15(21)18-8-4-3-7-17/h5-6,9-10H,3-4,7-8,17H2,1-2H3,(H,18,21)(H,19,20). The molecule has 0 aliphatic heterocycles. The molecule has 0 saturated carbocycles. The van der Waals surface area contributed by atoms with E-state index in [0.717, 1.165) is 12.8 Å². The summed E-state index contributed by atoms with van der Waals surface area (Å²) in [6, 6.07) is 4.86. The number of carbonyl (C=O) groups is 2. The van der Waals surface area contributed by atoms with E-state index in [1.165, 1.54) is 0 Å². The van der Waals surface area contributed by atoms with E-state index in [-0.39, 0.29) is 17.7 Å². The molecule has 2 amide bonds. The van der Waals surface area contributed by atoms with E-state index in [2.05, 4.69) is 10.6 Å². The van der Waals surface area contributed by atoms with E-state index in [1.54, 1.807) is 32.0 Å². The van der Waals surface area contributed by atoms with Gasteiger partial charge in [-0.2, -0.15) is 0 Å². The van der Waals surface area contributed by atoms with Crippen LogP contribution in [0.5, 0.6) is 0 Å². The molecule has 4 N–H and O–H groups in total. The van der Waals surface area contributed by atoms with Gasteiger partial charge in [0.15, 0.2) is 0 Å². The summed E-state index contributed by atoms with van der Waals surface area (Å²) in [5.74, 6) is -0.487. The Morgan fingerprint density at radius 2 is 2.00 bits per heavy atom. The van der Waals surface area contributed by atoms with Crippen molar-refractivity contribution < 1.29 is 9.59 Å². The number of rotatable bonds is 7. The van der Waals surface area contributed by atoms with Crippen molar-refractivity contribution in [3.63, 3.8) is 0 Å². The van der Waals surface area contributed by atoms with Gasteiger partial charge in [0.05, 0.1) is 10.6 Å². The number of amides is 2. The molecule has 0 radical (unpaired) electrons. The van der Waals surface area contributed by atoms with Gasteiger partial charge in [-0.1, -0.05) is 25.4 Å². The zero-order valence-electron chi connectivity index (χ0n) is 12.4. The van der Waals surface area contributed by atoms with Crippen LogP contribution in [0.4, 0.5) is 5.69 Å². The van der Waals surface area contributed by atoms with Gasteiger partial charge in [-0.05, 0) is 37.6 Å². The van der Waals surface area contributed by atoms with Crippen molar-refractivity contribution in [3.8, 4) is 0 Å². The SMILES string of the molecule is CC(C)C(=O)Nc1ccc(Cl)c(C(=O)NCCCCN)c1. The molecule has 0 bridgehead atoms. The van der Waals surface area contributed by atoms with Crippen LogP contribution in [-0.2, 0) is 4.79 Å². The molecule has 0 fully saturated rings. The van der Waals surface area contributed by atoms with Crippen LogP contribution < -0.4 is 16.4 Å². The summed E-state index contributed by atoms with van der Waals surface area (Å²) < 4.78 is 0. The topological polar surface area (TPSA) is 84.2 Å². The first-order valence-electron chi connectivity index (χ1n) is 7.04. The minimum absolute atomic E-state index is 0.105. The molecule has 0 aliphatic rings. The molecule has 1 aromatic rings. The smallest absolute Gasteiger partial charge is 0.252 e. The molecule has 0 heterocycles. The van der Waals surface area contributed by atoms with Crippen LogP contribution in [0, 0.1) is 5.92 Å². The van der Waals surface area contributed by atoms with Gasteiger partial charge in [-0.3, -0.25) is 9.59 Å². The van der Waals surface area contributed by atoms with Crippen LogP contribution in [0.2, 0.25) is 5.02 Å². The number of anilines is 1. The third-order valence-corrected chi connectivity index (χ3v) is 3.25. The van der Waals surface area contributed by atoms with Crippen LogP contribution in [-0.4, -0.2) is 24.9 Å². The number of nitrogens with two attached hydrogens (primary N) is 1. The Morgan fingerprint density at radius 3 is 2.62 bits per heavy atom. The quantitative estimate of drug-likeness (QED) is 0.676. The summed E-state index contributed by atoms with van der Waals surface area (Å²) in [7, 11) is 0. The lowest BCUT2D eigenvalue weighted by Gasteiger charge is -2.11. The average Bonchev–Trinajstić information content (AvgIpc) is 2.45. The highest BCUT2D eigenvalue weighted by Crippen LogP contribution is 2.21. The van der Waals surface area contributed by atoms with Crippen molar-refractivity contribution >= 4 is 29.1 Å². The summed E-state index contributed by atoms with van der Waals surface area (Å²) in [6.45, 7) is 4.76. The summed E-state index contributed by atoms with van der Waals surface area (Å²) in [4.78, 5) is 23.7. The first kappa shape index (κ1) is 17.5. The molecule has 0 unspecified atom stereocenters. The number of benzene rings is 1. The Hall–Kier alpha value is -1.59. The molecule has 0 atom stereocenters. The highest BCUT2D eigenvalue weighted by atomic mass is 35.5. The van der Waals surface area contributed by atoms with Gasteiger partial charge in [-0.15, -0.1) is 0 Å². The van der Waals surface area contributed by atoms with Crippen molar-refractivity contribution in [3.05, 3.63) is 28.8 Å². The molecule has 0 spiro atoms. The maximum Gasteiger partial charge on any atom is 0.252 e. The fraction of sp³-hybridized carbons (Fsp3) is 0.467. The van der Waals surface area contributed by atoms with Gasteiger partial charge in [0.1, 0.15) is 0 Å². The number of hydrogen-bond donors (Lipinski definition) is 3. The maximum absolute atomic E-state index is 12.1. The molecule has 116 valence electrons. The molecule has 0 aliphatic carbocycles. The first-order chi connectivity index (χ1) is 9.95. The maximum atomic E-state index is 12.1. The van der Waals surface area contributed by atoms with Crippen molar-refractivity contribution in [1.82, 2.24) is 5.32 Å². The molecule has 1 aromatic carbocycles. The lowest BCUT2D eigenvalue weighted by atomic mass is 10.1. The van der Waals surface area contributed by atoms with Crippen molar-refractivity contribution in [1.29, 1.82) is 0 Å². The van der Waals surface area contributed by atoms with E-state index < -0.39 is 0 Å². The summed E-state index contributed by atoms with van der Waals surface area (Å²) in [5, 5.41) is 5.89. The first-order valence-corrected chi connectivity index (χ1v) is 7.42. The normalized spacial score (nSPS) is 10.5. The van der Waals surface area contributed by atoms with Crippen molar-refractivity contribution in [2.45, 2.75) is 26.7 Å². The highest BCUT2D eigenvalue weighted by molar-refractivity contribution is 6.34. The number of unbranched alkanes of at least 4 members (excludes halogenated alkanes) is 1. The molecule has 0 saturated heterocycles. The minimum atomic E-state index is -0.252. The van der Waals surface area contributed by atoms with Crippen LogP contribution >= 0.6 is 11.6 Å². The second-order valence-corrected chi connectivity index (χ2v) is 5.50. The second-order valence-electron chi connectivity index (χ2n) is 5.09. The van der Waals surface area contributed by atoms with Gasteiger partial charge < -0.3 is 16.4 Å². The highest BCUT2D eigenvalue weighted by Gasteiger charge is 2.13. The fourth-order valence-corrected chi connectivity index (χ4v) is 1.83. The Kier molecular flexibility index (Phi) is 7.19. The van der Waals surface area contributed by atoms with Crippen molar-refractivity contribution in [2.75, 3.05) is 18.4 Å². The average molecular weight is 312 g/mol. The van der Waals surface area contributed by atoms with Gasteiger partial charge in [0.2, 0.25) is 5.91 Å². The van der Waals surface area contributed by atoms with E-state index >= 15 is 0 Å². The van der Waals surface area contributed by atoms with E-state index in [0.29, 0.717) is 29.4 Å². The van der Waals surface area contributed by atoms with Gasteiger partial charge >= 0.3 is 0 Å². The Labute approximate surface area is 130 Å². The summed E-state index contributed by atoms with van der Waals surface area (Å²) in [6.07, 6.45) is 1.68. The van der Waals surface area contributed by atoms with E-state index in [4.69, 9.17) is 17.3 Å². The minimum Gasteiger partial charge on any atom is -0.352 e. The molecule has 5 nitrogen and oxygen atoms in total. The fourth-order valence-electron chi connectivity index (χ4n) is 1.63. The number of nitrogens with one attached hydrogen (secondary N) is 2. The van der Waals surface area contributed by atoms with Crippen LogP contribution in [0.3, 0.4) is 0 Å². The number of carbonyl (C=O) groups excluding carboxylic acids is 2. The van der Waals surface area contributed by atoms with Crippen LogP contribution in [0.1, 0.15) is 37.0 Å². The van der Waals surface area contributed by atoms with E-state index in [1.807, 2.05) is 0 Å². The molecule has 21 heavy (non-hydrogen) atoms. The van der Waals surface area contributed by atoms with Crippen LogP contribution in [0.15, 0.2) is 18.2 Å². The Morgan fingerprint density at radius 1 is 1.29 bits per heavy atom. The third-order valence-electron chi connectivity index (χ3n) is 2.92. The molecular weight excluding hydrogens is 290 g/mol. The third kappa shape index (κ3) is 5.73. The zero-order chi connectivity index (χ0) is 15.8. The zero-order valence-corrected chi connectivity index (χ0v) is 13.2. The lowest BCUT2D eigenvalue weighted by Crippen LogP contribution is -2.25. The monoisotopic (exact) mass is 311 g/mol. The Balaban J connectivity index is 2.72. The summed E-state index contributed by atoms with van der Waals surface area (Å²) >= 11 is 6.04. The molecule has 6 heteroatoms. The van der Waals surface area contributed by atoms with E-state index in [9.17, 15) is 9.59 Å². The van der Waals surface area contributed by atoms with Crippen molar-refractivity contribution in [2.24, 2.45) is 11.7 Å². The van der Waals surface area contributed by atoms with Gasteiger partial charge in [0.25, 0.3) is 5.91 Å².